The lowest BCUT2D eigenvalue weighted by molar-refractivity contribution is 1.10. The maximum atomic E-state index is 5.83. The predicted molar refractivity (Wildman–Crippen MR) is 84.6 cm³/mol. The minimum absolute atomic E-state index is 0.759. The van der Waals surface area contributed by atoms with Crippen LogP contribution in [0.1, 0.15) is 12.5 Å². The van der Waals surface area contributed by atoms with E-state index in [1.165, 1.54) is 11.1 Å². The highest BCUT2D eigenvalue weighted by Gasteiger charge is 2.09. The molecule has 3 aromatic rings. The number of nitrogen functional groups attached to an aromatic ring is 1. The molecule has 4 heteroatoms. The molecule has 2 N–H and O–H groups in total. The Kier molecular flexibility index (Phi) is 3.48. The summed E-state index contributed by atoms with van der Waals surface area (Å²) in [5.74, 6) is 0. The van der Waals surface area contributed by atoms with Crippen molar-refractivity contribution in [2.45, 2.75) is 13.3 Å². The molecule has 3 nitrogen and oxygen atoms in total. The summed E-state index contributed by atoms with van der Waals surface area (Å²) in [4.78, 5) is 8.91. The van der Waals surface area contributed by atoms with Crippen molar-refractivity contribution in [3.63, 3.8) is 0 Å². The molecule has 0 aliphatic carbocycles. The van der Waals surface area contributed by atoms with E-state index in [0.717, 1.165) is 28.4 Å². The normalized spacial score (nSPS) is 10.7. The Morgan fingerprint density at radius 2 is 2.15 bits per heavy atom. The van der Waals surface area contributed by atoms with Crippen LogP contribution in [-0.4, -0.2) is 9.97 Å². The summed E-state index contributed by atoms with van der Waals surface area (Å²) >= 11 is 1.65. The van der Waals surface area contributed by atoms with Crippen molar-refractivity contribution in [1.82, 2.24) is 9.97 Å². The molecule has 20 heavy (non-hydrogen) atoms. The van der Waals surface area contributed by atoms with Crippen LogP contribution in [0.4, 0.5) is 5.69 Å². The highest BCUT2D eigenvalue weighted by molar-refractivity contribution is 7.13. The Balaban J connectivity index is 2.02. The fourth-order valence-corrected chi connectivity index (χ4v) is 3.03. The van der Waals surface area contributed by atoms with E-state index in [1.807, 2.05) is 42.7 Å². The zero-order valence-corrected chi connectivity index (χ0v) is 12.0. The molecule has 0 saturated carbocycles. The number of nitrogens with two attached hydrogens (primary N) is 1. The van der Waals surface area contributed by atoms with Crippen LogP contribution in [0.15, 0.2) is 48.1 Å². The van der Waals surface area contributed by atoms with E-state index in [-0.39, 0.29) is 0 Å². The standard InChI is InChI=1S/C16H15N3S/c1-2-11-9-18-7-6-14(11)16-19-15(10-20-16)12-4-3-5-13(17)8-12/h3-10H,2,17H2,1H3. The second-order valence-corrected chi connectivity index (χ2v) is 5.41. The van der Waals surface area contributed by atoms with Gasteiger partial charge in [-0.25, -0.2) is 4.98 Å². The maximum Gasteiger partial charge on any atom is 0.124 e. The molecule has 2 aromatic heterocycles. The quantitative estimate of drug-likeness (QED) is 0.738. The van der Waals surface area contributed by atoms with E-state index >= 15 is 0 Å². The van der Waals surface area contributed by atoms with Crippen LogP contribution in [0.3, 0.4) is 0 Å². The molecule has 0 aliphatic heterocycles. The van der Waals surface area contributed by atoms with Gasteiger partial charge in [-0.1, -0.05) is 19.1 Å². The molecule has 0 bridgehead atoms. The van der Waals surface area contributed by atoms with Crippen molar-refractivity contribution in [3.05, 3.63) is 53.7 Å². The summed E-state index contributed by atoms with van der Waals surface area (Å²) in [7, 11) is 0. The van der Waals surface area contributed by atoms with Crippen molar-refractivity contribution in [2.75, 3.05) is 5.73 Å². The van der Waals surface area contributed by atoms with E-state index < -0.39 is 0 Å². The molecule has 0 spiro atoms. The number of anilines is 1. The van der Waals surface area contributed by atoms with Crippen molar-refractivity contribution < 1.29 is 0 Å². The average Bonchev–Trinajstić information content (AvgIpc) is 2.97. The van der Waals surface area contributed by atoms with Crippen molar-refractivity contribution in [2.24, 2.45) is 0 Å². The zero-order valence-electron chi connectivity index (χ0n) is 11.2. The number of aromatic nitrogens is 2. The van der Waals surface area contributed by atoms with Crippen LogP contribution in [0.25, 0.3) is 21.8 Å². The third kappa shape index (κ3) is 2.42. The number of thiazole rings is 1. The number of hydrogen-bond donors (Lipinski definition) is 1. The van der Waals surface area contributed by atoms with Crippen LogP contribution in [0.5, 0.6) is 0 Å². The summed E-state index contributed by atoms with van der Waals surface area (Å²) in [6, 6.07) is 9.85. The van der Waals surface area contributed by atoms with Crippen LogP contribution >= 0.6 is 11.3 Å². The summed E-state index contributed by atoms with van der Waals surface area (Å²) in [5.41, 5.74) is 11.0. The van der Waals surface area contributed by atoms with E-state index in [2.05, 4.69) is 17.3 Å². The van der Waals surface area contributed by atoms with Gasteiger partial charge < -0.3 is 5.73 Å². The second kappa shape index (κ2) is 5.43. The summed E-state index contributed by atoms with van der Waals surface area (Å²) in [6.07, 6.45) is 4.68. The van der Waals surface area contributed by atoms with Gasteiger partial charge in [0.05, 0.1) is 5.69 Å². The smallest absolute Gasteiger partial charge is 0.124 e. The first kappa shape index (κ1) is 12.8. The Morgan fingerprint density at radius 1 is 1.25 bits per heavy atom. The van der Waals surface area contributed by atoms with Crippen LogP contribution in [0, 0.1) is 0 Å². The number of hydrogen-bond acceptors (Lipinski definition) is 4. The lowest BCUT2D eigenvalue weighted by atomic mass is 10.1. The molecule has 1 aromatic carbocycles. The van der Waals surface area contributed by atoms with E-state index in [0.29, 0.717) is 0 Å². The SMILES string of the molecule is CCc1cnccc1-c1nc(-c2cccc(N)c2)cs1. The maximum absolute atomic E-state index is 5.83. The number of pyridine rings is 1. The fraction of sp³-hybridized carbons (Fsp3) is 0.125. The van der Waals surface area contributed by atoms with Gasteiger partial charge in [0.25, 0.3) is 0 Å². The molecule has 0 atom stereocenters. The highest BCUT2D eigenvalue weighted by atomic mass is 32.1. The number of rotatable bonds is 3. The largest absolute Gasteiger partial charge is 0.399 e. The van der Waals surface area contributed by atoms with E-state index in [1.54, 1.807) is 11.3 Å². The first-order valence-electron chi connectivity index (χ1n) is 6.52. The second-order valence-electron chi connectivity index (χ2n) is 4.55. The molecular formula is C16H15N3S. The monoisotopic (exact) mass is 281 g/mol. The Bertz CT molecular complexity index is 734. The van der Waals surface area contributed by atoms with E-state index in [4.69, 9.17) is 10.7 Å². The first-order valence-corrected chi connectivity index (χ1v) is 7.40. The lowest BCUT2D eigenvalue weighted by Gasteiger charge is -2.03. The number of nitrogens with zero attached hydrogens (tertiary/aromatic N) is 2. The van der Waals surface area contributed by atoms with Gasteiger partial charge in [-0.05, 0) is 30.2 Å². The summed E-state index contributed by atoms with van der Waals surface area (Å²) in [5, 5.41) is 3.10. The minimum atomic E-state index is 0.759. The molecule has 0 fully saturated rings. The average molecular weight is 281 g/mol. The zero-order chi connectivity index (χ0) is 13.9. The van der Waals surface area contributed by atoms with Crippen molar-refractivity contribution in [3.8, 4) is 21.8 Å². The summed E-state index contributed by atoms with van der Waals surface area (Å²) in [6.45, 7) is 2.13. The third-order valence-electron chi connectivity index (χ3n) is 3.20. The fourth-order valence-electron chi connectivity index (χ4n) is 2.15. The van der Waals surface area contributed by atoms with Gasteiger partial charge >= 0.3 is 0 Å². The topological polar surface area (TPSA) is 51.8 Å². The van der Waals surface area contributed by atoms with Crippen molar-refractivity contribution >= 4 is 17.0 Å². The third-order valence-corrected chi connectivity index (χ3v) is 4.08. The van der Waals surface area contributed by atoms with Gasteiger partial charge in [-0.3, -0.25) is 4.98 Å². The van der Waals surface area contributed by atoms with Crippen LogP contribution in [-0.2, 0) is 6.42 Å². The minimum Gasteiger partial charge on any atom is -0.399 e. The number of benzene rings is 1. The lowest BCUT2D eigenvalue weighted by Crippen LogP contribution is -1.89. The van der Waals surface area contributed by atoms with Crippen LogP contribution in [0.2, 0.25) is 0 Å². The Morgan fingerprint density at radius 3 is 2.95 bits per heavy atom. The first-order chi connectivity index (χ1) is 9.78. The van der Waals surface area contributed by atoms with E-state index in [9.17, 15) is 0 Å². The molecular weight excluding hydrogens is 266 g/mol. The Hall–Kier alpha value is -2.20. The molecule has 100 valence electrons. The molecule has 3 rings (SSSR count). The Labute approximate surface area is 122 Å². The van der Waals surface area contributed by atoms with Gasteiger partial charge in [-0.15, -0.1) is 11.3 Å². The molecule has 2 heterocycles. The molecule has 0 radical (unpaired) electrons. The molecule has 0 aliphatic rings. The van der Waals surface area contributed by atoms with Gasteiger partial charge in [0.1, 0.15) is 5.01 Å². The highest BCUT2D eigenvalue weighted by Crippen LogP contribution is 2.31. The van der Waals surface area contributed by atoms with Gasteiger partial charge in [0, 0.05) is 34.6 Å². The van der Waals surface area contributed by atoms with Gasteiger partial charge in [-0.2, -0.15) is 0 Å². The number of aryl methyl sites for hydroxylation is 1. The molecule has 0 unspecified atom stereocenters. The van der Waals surface area contributed by atoms with Gasteiger partial charge in [0.2, 0.25) is 0 Å². The molecule has 0 amide bonds. The molecule has 0 saturated heterocycles. The summed E-state index contributed by atoms with van der Waals surface area (Å²) < 4.78 is 0. The predicted octanol–water partition coefficient (Wildman–Crippen LogP) is 4.02. The van der Waals surface area contributed by atoms with Gasteiger partial charge in [0.15, 0.2) is 0 Å². The van der Waals surface area contributed by atoms with Crippen molar-refractivity contribution in [1.29, 1.82) is 0 Å². The van der Waals surface area contributed by atoms with Crippen LogP contribution < -0.4 is 5.73 Å².